The third-order valence-electron chi connectivity index (χ3n) is 4.75. The lowest BCUT2D eigenvalue weighted by Gasteiger charge is -2.18. The minimum atomic E-state index is -3.58. The van der Waals surface area contributed by atoms with Crippen LogP contribution in [0.1, 0.15) is 35.5 Å². The number of rotatable bonds is 7. The Balaban J connectivity index is 1.90. The minimum Gasteiger partial charge on any atom is -0.451 e. The van der Waals surface area contributed by atoms with Gasteiger partial charge in [-0.25, -0.2) is 8.42 Å². The number of hydrogen-bond acceptors (Lipinski definition) is 4. The number of benzene rings is 2. The minimum absolute atomic E-state index is 0.198. The van der Waals surface area contributed by atoms with Crippen molar-refractivity contribution >= 4 is 26.9 Å². The molecule has 3 rings (SSSR count). The monoisotopic (exact) mass is 400 g/mol. The van der Waals surface area contributed by atoms with Crippen LogP contribution >= 0.6 is 0 Å². The zero-order valence-electron chi connectivity index (χ0n) is 16.2. The van der Waals surface area contributed by atoms with Crippen molar-refractivity contribution in [2.24, 2.45) is 0 Å². The largest absolute Gasteiger partial charge is 0.451 e. The second-order valence-corrected chi connectivity index (χ2v) is 8.41. The van der Waals surface area contributed by atoms with Gasteiger partial charge < -0.3 is 9.73 Å². The lowest BCUT2D eigenvalue weighted by atomic mass is 10.1. The summed E-state index contributed by atoms with van der Waals surface area (Å²) in [4.78, 5) is 12.8. The molecule has 3 aromatic rings. The smallest absolute Gasteiger partial charge is 0.287 e. The molecule has 1 N–H and O–H groups in total. The fourth-order valence-corrected chi connectivity index (χ4v) is 4.63. The number of nitrogens with zero attached hydrogens (tertiary/aromatic N) is 1. The maximum Gasteiger partial charge on any atom is 0.287 e. The first kappa shape index (κ1) is 20.1. The maximum absolute atomic E-state index is 12.8. The topological polar surface area (TPSA) is 79.6 Å². The lowest BCUT2D eigenvalue weighted by Crippen LogP contribution is -2.30. The van der Waals surface area contributed by atoms with Crippen LogP contribution < -0.4 is 5.32 Å². The van der Waals surface area contributed by atoms with Crippen LogP contribution in [0.3, 0.4) is 0 Å². The Hall–Kier alpha value is -2.64. The van der Waals surface area contributed by atoms with Crippen LogP contribution in [0.5, 0.6) is 0 Å². The molecule has 0 radical (unpaired) electrons. The molecule has 0 aliphatic carbocycles. The van der Waals surface area contributed by atoms with Gasteiger partial charge in [-0.1, -0.05) is 44.2 Å². The molecule has 0 aliphatic heterocycles. The highest BCUT2D eigenvalue weighted by molar-refractivity contribution is 7.89. The summed E-state index contributed by atoms with van der Waals surface area (Å²) in [5.74, 6) is -0.131. The molecule has 0 fully saturated rings. The molecule has 1 amide bonds. The Kier molecular flexibility index (Phi) is 5.86. The van der Waals surface area contributed by atoms with Gasteiger partial charge in [0.05, 0.1) is 4.90 Å². The first-order valence-electron chi connectivity index (χ1n) is 9.23. The number of amides is 1. The number of sulfonamides is 1. The van der Waals surface area contributed by atoms with Gasteiger partial charge in [0.15, 0.2) is 5.76 Å². The summed E-state index contributed by atoms with van der Waals surface area (Å²) in [6, 6.07) is 14.3. The maximum atomic E-state index is 12.8. The van der Waals surface area contributed by atoms with E-state index in [-0.39, 0.29) is 16.6 Å². The van der Waals surface area contributed by atoms with Gasteiger partial charge in [0.2, 0.25) is 10.0 Å². The third kappa shape index (κ3) is 3.81. The summed E-state index contributed by atoms with van der Waals surface area (Å²) in [6.45, 7) is 6.55. The molecular formula is C21H24N2O4S. The molecule has 1 heterocycles. The van der Waals surface area contributed by atoms with E-state index in [0.29, 0.717) is 36.2 Å². The third-order valence-corrected chi connectivity index (χ3v) is 6.80. The van der Waals surface area contributed by atoms with Crippen molar-refractivity contribution in [1.82, 2.24) is 9.62 Å². The second-order valence-electron chi connectivity index (χ2n) is 6.47. The lowest BCUT2D eigenvalue weighted by molar-refractivity contribution is 0.0924. The van der Waals surface area contributed by atoms with E-state index in [9.17, 15) is 13.2 Å². The number of carbonyl (C=O) groups excluding carboxylic acids is 1. The number of fused-ring (bicyclic) bond motifs is 1. The Morgan fingerprint density at radius 2 is 1.75 bits per heavy atom. The molecule has 0 atom stereocenters. The normalized spacial score (nSPS) is 11.9. The molecule has 148 valence electrons. The summed E-state index contributed by atoms with van der Waals surface area (Å²) in [5, 5.41) is 3.46. The Labute approximate surface area is 165 Å². The molecule has 28 heavy (non-hydrogen) atoms. The zero-order valence-corrected chi connectivity index (χ0v) is 17.0. The van der Waals surface area contributed by atoms with Crippen molar-refractivity contribution in [1.29, 1.82) is 0 Å². The van der Waals surface area contributed by atoms with E-state index in [2.05, 4.69) is 5.32 Å². The molecule has 7 heteroatoms. The highest BCUT2D eigenvalue weighted by atomic mass is 32.2. The van der Waals surface area contributed by atoms with E-state index in [1.165, 1.54) is 10.4 Å². The predicted molar refractivity (Wildman–Crippen MR) is 109 cm³/mol. The molecule has 6 nitrogen and oxygen atoms in total. The van der Waals surface area contributed by atoms with E-state index >= 15 is 0 Å². The van der Waals surface area contributed by atoms with Crippen LogP contribution in [0.25, 0.3) is 11.0 Å². The quantitative estimate of drug-likeness (QED) is 0.656. The average molecular weight is 401 g/mol. The van der Waals surface area contributed by atoms with Crippen molar-refractivity contribution in [2.75, 3.05) is 13.1 Å². The van der Waals surface area contributed by atoms with Crippen LogP contribution in [0.15, 0.2) is 57.8 Å². The average Bonchev–Trinajstić information content (AvgIpc) is 3.04. The Morgan fingerprint density at radius 1 is 1.07 bits per heavy atom. The summed E-state index contributed by atoms with van der Waals surface area (Å²) in [7, 11) is -3.58. The SMILES string of the molecule is CCN(CC)S(=O)(=O)c1ccc2oc(C(=O)NCc3ccccc3)c(C)c2c1. The standard InChI is InChI=1S/C21H24N2O4S/c1-4-23(5-2)28(25,26)17-11-12-19-18(13-17)15(3)20(27-19)21(24)22-14-16-9-7-6-8-10-16/h6-13H,4-5,14H2,1-3H3,(H,22,24). The first-order chi connectivity index (χ1) is 13.4. The van der Waals surface area contributed by atoms with Gasteiger partial charge in [0, 0.05) is 30.6 Å². The highest BCUT2D eigenvalue weighted by Crippen LogP contribution is 2.29. The van der Waals surface area contributed by atoms with E-state index in [1.54, 1.807) is 32.9 Å². The first-order valence-corrected chi connectivity index (χ1v) is 10.7. The summed E-state index contributed by atoms with van der Waals surface area (Å²) < 4.78 is 32.6. The molecule has 2 aromatic carbocycles. The summed E-state index contributed by atoms with van der Waals surface area (Å²) >= 11 is 0. The highest BCUT2D eigenvalue weighted by Gasteiger charge is 2.24. The zero-order chi connectivity index (χ0) is 20.3. The van der Waals surface area contributed by atoms with Gasteiger partial charge >= 0.3 is 0 Å². The van der Waals surface area contributed by atoms with E-state index in [1.807, 2.05) is 30.3 Å². The summed E-state index contributed by atoms with van der Waals surface area (Å²) in [5.41, 5.74) is 2.09. The molecule has 0 saturated carbocycles. The van der Waals surface area contributed by atoms with Gasteiger partial charge in [-0.15, -0.1) is 0 Å². The number of aryl methyl sites for hydroxylation is 1. The van der Waals surface area contributed by atoms with E-state index < -0.39 is 10.0 Å². The molecule has 0 aliphatic rings. The van der Waals surface area contributed by atoms with Gasteiger partial charge in [0.1, 0.15) is 5.58 Å². The number of carbonyl (C=O) groups is 1. The van der Waals surface area contributed by atoms with E-state index in [4.69, 9.17) is 4.42 Å². The van der Waals surface area contributed by atoms with Gasteiger partial charge in [-0.3, -0.25) is 4.79 Å². The van der Waals surface area contributed by atoms with Crippen molar-refractivity contribution < 1.29 is 17.6 Å². The molecule has 0 spiro atoms. The molecular weight excluding hydrogens is 376 g/mol. The second kappa shape index (κ2) is 8.16. The fraction of sp³-hybridized carbons (Fsp3) is 0.286. The van der Waals surface area contributed by atoms with Gasteiger partial charge in [-0.05, 0) is 30.7 Å². The Morgan fingerprint density at radius 3 is 2.39 bits per heavy atom. The number of hydrogen-bond donors (Lipinski definition) is 1. The fourth-order valence-electron chi connectivity index (χ4n) is 3.15. The van der Waals surface area contributed by atoms with Crippen LogP contribution in [-0.2, 0) is 16.6 Å². The Bertz CT molecular complexity index is 1080. The molecule has 0 saturated heterocycles. The van der Waals surface area contributed by atoms with Crippen LogP contribution in [0.2, 0.25) is 0 Å². The predicted octanol–water partition coefficient (Wildman–Crippen LogP) is 3.70. The van der Waals surface area contributed by atoms with E-state index in [0.717, 1.165) is 5.56 Å². The van der Waals surface area contributed by atoms with Crippen molar-refractivity contribution in [3.63, 3.8) is 0 Å². The van der Waals surface area contributed by atoms with Crippen molar-refractivity contribution in [3.05, 3.63) is 65.4 Å². The van der Waals surface area contributed by atoms with Crippen LogP contribution in [-0.4, -0.2) is 31.7 Å². The van der Waals surface area contributed by atoms with Crippen LogP contribution in [0.4, 0.5) is 0 Å². The molecule has 0 bridgehead atoms. The van der Waals surface area contributed by atoms with Gasteiger partial charge in [-0.2, -0.15) is 4.31 Å². The summed E-state index contributed by atoms with van der Waals surface area (Å²) in [6.07, 6.45) is 0. The van der Waals surface area contributed by atoms with Crippen LogP contribution in [0, 0.1) is 6.92 Å². The number of nitrogens with one attached hydrogen (secondary N) is 1. The van der Waals surface area contributed by atoms with Crippen molar-refractivity contribution in [3.8, 4) is 0 Å². The van der Waals surface area contributed by atoms with Crippen molar-refractivity contribution in [2.45, 2.75) is 32.2 Å². The molecule has 1 aromatic heterocycles. The molecule has 0 unspecified atom stereocenters. The van der Waals surface area contributed by atoms with Gasteiger partial charge in [0.25, 0.3) is 5.91 Å². The number of furan rings is 1.